The lowest BCUT2D eigenvalue weighted by atomic mass is 9.85. The first-order valence-electron chi connectivity index (χ1n) is 17.5. The predicted molar refractivity (Wildman–Crippen MR) is 184 cm³/mol. The van der Waals surface area contributed by atoms with E-state index in [0.717, 1.165) is 19.3 Å². The monoisotopic (exact) mass is 697 g/mol. The Labute approximate surface area is 288 Å². The van der Waals surface area contributed by atoms with Crippen LogP contribution in [0.4, 0.5) is 4.39 Å². The highest BCUT2D eigenvalue weighted by Gasteiger charge is 2.62. The summed E-state index contributed by atoms with van der Waals surface area (Å²) >= 11 is 0. The first-order chi connectivity index (χ1) is 23.2. The van der Waals surface area contributed by atoms with E-state index in [1.54, 1.807) is 25.1 Å². The van der Waals surface area contributed by atoms with Crippen LogP contribution in [-0.4, -0.2) is 67.5 Å². The first-order valence-corrected chi connectivity index (χ1v) is 19.0. The van der Waals surface area contributed by atoms with Crippen LogP contribution in [0.1, 0.15) is 78.6 Å². The Hall–Kier alpha value is -3.51. The molecular formula is C37H48FN3O7S. The van der Waals surface area contributed by atoms with Crippen LogP contribution < -0.4 is 19.9 Å². The standard InChI is InChI=1S/C37H48FN3O7S/c1-5-23-16-22(2)8-6-7-9-24-19-37(24,35(44)40-49(45,46)36(3)14-15-36)20-30(42)29-18-26(21-41(29)34(43)33(23)39)48-32-13-12-31(47-4)27-11-10-25(38)17-28(27)32/h7,9-13,17,22-24,26,29,33H,5-6,8,14-16,18-21,39H2,1-4H3,(H,40,44)/b9-7-/t22-,23-,24-,26-,29+,33+,37-/m1/s1. The van der Waals surface area contributed by atoms with Crippen molar-refractivity contribution in [3.63, 3.8) is 0 Å². The normalized spacial score (nSPS) is 32.3. The zero-order valence-corrected chi connectivity index (χ0v) is 29.6. The smallest absolute Gasteiger partial charge is 0.240 e. The molecule has 2 aliphatic heterocycles. The first kappa shape index (κ1) is 35.3. The Bertz CT molecular complexity index is 1780. The summed E-state index contributed by atoms with van der Waals surface area (Å²) < 4.78 is 53.8. The maximum atomic E-state index is 14.4. The largest absolute Gasteiger partial charge is 0.496 e. The van der Waals surface area contributed by atoms with Crippen LogP contribution in [0, 0.1) is 29.0 Å². The summed E-state index contributed by atoms with van der Waals surface area (Å²) in [6, 6.07) is 5.95. The molecule has 10 nitrogen and oxygen atoms in total. The van der Waals surface area contributed by atoms with Crippen molar-refractivity contribution in [3.8, 4) is 11.5 Å². The molecule has 2 aliphatic carbocycles. The van der Waals surface area contributed by atoms with Gasteiger partial charge in [0.05, 0.1) is 35.9 Å². The van der Waals surface area contributed by atoms with Gasteiger partial charge in [-0.1, -0.05) is 32.4 Å². The summed E-state index contributed by atoms with van der Waals surface area (Å²) in [5.74, 6) is -0.989. The molecule has 0 bridgehead atoms. The van der Waals surface area contributed by atoms with Gasteiger partial charge < -0.3 is 20.1 Å². The number of methoxy groups -OCH3 is 1. The molecule has 0 spiro atoms. The number of hydrogen-bond donors (Lipinski definition) is 2. The van der Waals surface area contributed by atoms with Gasteiger partial charge in [0, 0.05) is 23.6 Å². The van der Waals surface area contributed by atoms with Crippen molar-refractivity contribution in [2.75, 3.05) is 13.7 Å². The number of Topliss-reactive ketones (excluding diaryl/α,β-unsaturated/α-hetero) is 1. The zero-order valence-electron chi connectivity index (χ0n) is 28.7. The summed E-state index contributed by atoms with van der Waals surface area (Å²) in [6.45, 7) is 5.84. The van der Waals surface area contributed by atoms with E-state index in [-0.39, 0.29) is 48.8 Å². The quantitative estimate of drug-likeness (QED) is 0.384. The third-order valence-electron chi connectivity index (χ3n) is 11.5. The van der Waals surface area contributed by atoms with Crippen LogP contribution >= 0.6 is 0 Å². The molecule has 49 heavy (non-hydrogen) atoms. The highest BCUT2D eigenvalue weighted by Crippen LogP contribution is 2.57. The second-order valence-electron chi connectivity index (χ2n) is 15.0. The third-order valence-corrected chi connectivity index (χ3v) is 13.6. The van der Waals surface area contributed by atoms with Crippen molar-refractivity contribution in [1.82, 2.24) is 9.62 Å². The Morgan fingerprint density at radius 3 is 2.55 bits per heavy atom. The van der Waals surface area contributed by atoms with Crippen molar-refractivity contribution in [2.45, 2.75) is 101 Å². The topological polar surface area (TPSA) is 145 Å². The molecule has 266 valence electrons. The molecule has 3 fully saturated rings. The highest BCUT2D eigenvalue weighted by atomic mass is 32.2. The summed E-state index contributed by atoms with van der Waals surface area (Å²) in [6.07, 6.45) is 7.62. The van der Waals surface area contributed by atoms with Crippen LogP contribution in [0.5, 0.6) is 11.5 Å². The minimum Gasteiger partial charge on any atom is -0.496 e. The maximum absolute atomic E-state index is 14.4. The molecule has 4 aliphatic rings. The van der Waals surface area contributed by atoms with E-state index in [4.69, 9.17) is 15.2 Å². The molecule has 2 aromatic carbocycles. The van der Waals surface area contributed by atoms with Gasteiger partial charge in [0.15, 0.2) is 5.78 Å². The molecule has 0 aromatic heterocycles. The molecule has 2 amide bonds. The molecule has 2 aromatic rings. The second kappa shape index (κ2) is 13.3. The van der Waals surface area contributed by atoms with E-state index in [9.17, 15) is 27.2 Å². The number of amides is 2. The van der Waals surface area contributed by atoms with Crippen LogP contribution in [0.3, 0.4) is 0 Å². The number of halogens is 1. The van der Waals surface area contributed by atoms with Crippen molar-refractivity contribution in [2.24, 2.45) is 28.9 Å². The number of nitrogens with two attached hydrogens (primary N) is 1. The van der Waals surface area contributed by atoms with Crippen molar-refractivity contribution in [1.29, 1.82) is 0 Å². The average molecular weight is 698 g/mol. The molecule has 12 heteroatoms. The van der Waals surface area contributed by atoms with Gasteiger partial charge in [0.25, 0.3) is 0 Å². The Morgan fingerprint density at radius 2 is 1.86 bits per heavy atom. The van der Waals surface area contributed by atoms with Gasteiger partial charge in [-0.05, 0) is 93.5 Å². The molecule has 1 saturated heterocycles. The highest BCUT2D eigenvalue weighted by molar-refractivity contribution is 7.91. The Balaban J connectivity index is 1.32. The number of carbonyl (C=O) groups excluding carboxylic acids is 3. The van der Waals surface area contributed by atoms with Crippen LogP contribution in [0.15, 0.2) is 42.5 Å². The fourth-order valence-electron chi connectivity index (χ4n) is 7.75. The Morgan fingerprint density at radius 1 is 1.12 bits per heavy atom. The number of rotatable bonds is 7. The number of ether oxygens (including phenoxy) is 2. The van der Waals surface area contributed by atoms with E-state index in [0.29, 0.717) is 48.0 Å². The van der Waals surface area contributed by atoms with Gasteiger partial charge in [-0.3, -0.25) is 19.1 Å². The minimum atomic E-state index is -3.92. The lowest BCUT2D eigenvalue weighted by Crippen LogP contribution is -2.52. The van der Waals surface area contributed by atoms with Crippen LogP contribution in [-0.2, 0) is 24.4 Å². The van der Waals surface area contributed by atoms with Gasteiger partial charge in [0.1, 0.15) is 23.4 Å². The number of sulfonamides is 1. The number of allylic oxidation sites excluding steroid dienone is 2. The summed E-state index contributed by atoms with van der Waals surface area (Å²) in [4.78, 5) is 43.8. The maximum Gasteiger partial charge on any atom is 0.240 e. The van der Waals surface area contributed by atoms with Crippen molar-refractivity contribution in [3.05, 3.63) is 48.3 Å². The number of fused-ring (bicyclic) bond motifs is 3. The summed E-state index contributed by atoms with van der Waals surface area (Å²) in [7, 11) is -2.39. The Kier molecular flexibility index (Phi) is 9.60. The predicted octanol–water partition coefficient (Wildman–Crippen LogP) is 5.03. The molecular weight excluding hydrogens is 649 g/mol. The second-order valence-corrected chi connectivity index (χ2v) is 17.2. The number of hydrogen-bond acceptors (Lipinski definition) is 8. The SMILES string of the molecule is CC[C@@H]1C[C@H](C)CC/C=C\[C@@H]2C[C@@]2(C(=O)NS(=O)(=O)C2(C)CC2)CC(=O)[C@@H]2C[C@@H](Oc3ccc(OC)c4ccc(F)cc34)CN2C(=O)[C@H]1N. The van der Waals surface area contributed by atoms with E-state index in [1.165, 1.54) is 24.1 Å². The molecule has 6 rings (SSSR count). The van der Waals surface area contributed by atoms with Gasteiger partial charge >= 0.3 is 0 Å². The summed E-state index contributed by atoms with van der Waals surface area (Å²) in [5, 5.41) is 1.14. The van der Waals surface area contributed by atoms with Gasteiger partial charge in [-0.25, -0.2) is 12.8 Å². The number of nitrogens with one attached hydrogen (secondary N) is 1. The number of ketones is 1. The van der Waals surface area contributed by atoms with Gasteiger partial charge in [0.2, 0.25) is 21.8 Å². The lowest BCUT2D eigenvalue weighted by Gasteiger charge is -2.31. The molecule has 0 unspecified atom stereocenters. The van der Waals surface area contributed by atoms with Crippen LogP contribution in [0.25, 0.3) is 10.8 Å². The minimum absolute atomic E-state index is 0.0764. The average Bonchev–Trinajstić information content (AvgIpc) is 3.95. The van der Waals surface area contributed by atoms with E-state index < -0.39 is 50.1 Å². The fraction of sp³-hybridized carbons (Fsp3) is 0.595. The molecule has 3 N–H and O–H groups in total. The molecule has 2 saturated carbocycles. The van der Waals surface area contributed by atoms with Crippen molar-refractivity contribution >= 4 is 38.4 Å². The van der Waals surface area contributed by atoms with Gasteiger partial charge in [-0.2, -0.15) is 0 Å². The van der Waals surface area contributed by atoms with E-state index in [2.05, 4.69) is 11.6 Å². The zero-order chi connectivity index (χ0) is 35.3. The number of benzene rings is 2. The van der Waals surface area contributed by atoms with E-state index >= 15 is 0 Å². The van der Waals surface area contributed by atoms with Crippen LogP contribution in [0.2, 0.25) is 0 Å². The molecule has 0 radical (unpaired) electrons. The van der Waals surface area contributed by atoms with E-state index in [1.807, 2.05) is 19.1 Å². The number of nitrogens with zero attached hydrogens (tertiary/aromatic N) is 1. The lowest BCUT2D eigenvalue weighted by molar-refractivity contribution is -0.141. The summed E-state index contributed by atoms with van der Waals surface area (Å²) in [5.41, 5.74) is 5.45. The molecule has 7 atom stereocenters. The van der Waals surface area contributed by atoms with Gasteiger partial charge in [-0.15, -0.1) is 0 Å². The number of carbonyl (C=O) groups is 3. The fourth-order valence-corrected chi connectivity index (χ4v) is 9.08. The third kappa shape index (κ3) is 6.82. The van der Waals surface area contributed by atoms with Crippen molar-refractivity contribution < 1.29 is 36.7 Å². The molecule has 2 heterocycles.